The molecule has 0 saturated heterocycles. The molecule has 0 spiro atoms. The number of benzene rings is 1. The van der Waals surface area contributed by atoms with Gasteiger partial charge in [0, 0.05) is 5.92 Å². The first-order valence-corrected chi connectivity index (χ1v) is 8.19. The maximum Gasteiger partial charge on any atom is 0.132 e. The monoisotopic (exact) mass is 286 g/mol. The summed E-state index contributed by atoms with van der Waals surface area (Å²) < 4.78 is 0. The summed E-state index contributed by atoms with van der Waals surface area (Å²) in [6.07, 6.45) is 3.35. The van der Waals surface area contributed by atoms with Crippen LogP contribution in [0.15, 0.2) is 12.1 Å². The van der Waals surface area contributed by atoms with Crippen molar-refractivity contribution in [1.82, 2.24) is 0 Å². The second kappa shape index (κ2) is 5.26. The van der Waals surface area contributed by atoms with E-state index in [-0.39, 0.29) is 22.5 Å². The maximum atomic E-state index is 11.6. The predicted octanol–water partition coefficient (Wildman–Crippen LogP) is 5.11. The van der Waals surface area contributed by atoms with Crippen LogP contribution in [0.5, 0.6) is 0 Å². The molecule has 1 aromatic rings. The molecular weight excluding hydrogens is 256 g/mol. The van der Waals surface area contributed by atoms with Gasteiger partial charge in [-0.2, -0.15) is 0 Å². The molecule has 0 bridgehead atoms. The van der Waals surface area contributed by atoms with Gasteiger partial charge in [0.05, 0.1) is 0 Å². The molecule has 0 aliphatic heterocycles. The highest BCUT2D eigenvalue weighted by atomic mass is 16.1. The number of fused-ring (bicyclic) bond motifs is 1. The molecular formula is C20H30O. The molecule has 1 aliphatic carbocycles. The Bertz CT molecular complexity index is 563. The van der Waals surface area contributed by atoms with E-state index in [1.807, 2.05) is 6.92 Å². The van der Waals surface area contributed by atoms with E-state index < -0.39 is 0 Å². The van der Waals surface area contributed by atoms with Crippen LogP contribution in [0.4, 0.5) is 0 Å². The van der Waals surface area contributed by atoms with Gasteiger partial charge in [-0.3, -0.25) is 4.79 Å². The number of rotatable bonds is 3. The summed E-state index contributed by atoms with van der Waals surface area (Å²) in [7, 11) is 0. The minimum Gasteiger partial charge on any atom is -0.300 e. The van der Waals surface area contributed by atoms with Gasteiger partial charge in [0.15, 0.2) is 0 Å². The molecule has 2 rings (SSSR count). The van der Waals surface area contributed by atoms with Gasteiger partial charge in [0.25, 0.3) is 0 Å². The van der Waals surface area contributed by atoms with Crippen molar-refractivity contribution < 1.29 is 4.79 Å². The molecule has 0 heterocycles. The molecule has 0 amide bonds. The van der Waals surface area contributed by atoms with Crippen LogP contribution in [0.2, 0.25) is 0 Å². The fourth-order valence-electron chi connectivity index (χ4n) is 3.46. The van der Waals surface area contributed by atoms with Crippen molar-refractivity contribution in [1.29, 1.82) is 0 Å². The smallest absolute Gasteiger partial charge is 0.132 e. The highest BCUT2D eigenvalue weighted by Gasteiger charge is 2.37. The lowest BCUT2D eigenvalue weighted by atomic mass is 9.62. The second-order valence-electron chi connectivity index (χ2n) is 8.31. The van der Waals surface area contributed by atoms with E-state index in [9.17, 15) is 4.79 Å². The fraction of sp³-hybridized carbons (Fsp3) is 0.650. The largest absolute Gasteiger partial charge is 0.300 e. The Morgan fingerprint density at radius 1 is 1.10 bits per heavy atom. The third-order valence-electron chi connectivity index (χ3n) is 5.53. The fourth-order valence-corrected chi connectivity index (χ4v) is 3.46. The Morgan fingerprint density at radius 3 is 2.05 bits per heavy atom. The summed E-state index contributed by atoms with van der Waals surface area (Å²) in [5.74, 6) is 0.396. The first kappa shape index (κ1) is 16.3. The Kier molecular flexibility index (Phi) is 4.08. The highest BCUT2D eigenvalue weighted by molar-refractivity contribution is 5.78. The number of carbonyl (C=O) groups is 1. The Balaban J connectivity index is 2.51. The van der Waals surface area contributed by atoms with Gasteiger partial charge >= 0.3 is 0 Å². The van der Waals surface area contributed by atoms with Crippen LogP contribution in [0.3, 0.4) is 0 Å². The van der Waals surface area contributed by atoms with E-state index in [1.54, 1.807) is 6.92 Å². The number of Topliss-reactive ketones (excluding diaryl/α,β-unsaturated/α-hetero) is 1. The molecule has 0 fully saturated rings. The van der Waals surface area contributed by atoms with Crippen LogP contribution >= 0.6 is 0 Å². The predicted molar refractivity (Wildman–Crippen MR) is 90.0 cm³/mol. The maximum absolute atomic E-state index is 11.6. The van der Waals surface area contributed by atoms with Gasteiger partial charge in [-0.15, -0.1) is 0 Å². The topological polar surface area (TPSA) is 17.1 Å². The summed E-state index contributed by atoms with van der Waals surface area (Å²) in [5, 5.41) is 0. The van der Waals surface area contributed by atoms with Crippen molar-refractivity contribution in [2.75, 3.05) is 0 Å². The van der Waals surface area contributed by atoms with Crippen LogP contribution < -0.4 is 0 Å². The molecule has 0 radical (unpaired) electrons. The number of ketones is 1. The van der Waals surface area contributed by atoms with E-state index in [0.717, 1.165) is 6.42 Å². The van der Waals surface area contributed by atoms with E-state index in [0.29, 0.717) is 0 Å². The van der Waals surface area contributed by atoms with E-state index in [2.05, 4.69) is 46.8 Å². The Morgan fingerprint density at radius 2 is 1.57 bits per heavy atom. The molecule has 21 heavy (non-hydrogen) atoms. The number of hydrogen-bond acceptors (Lipinski definition) is 1. The van der Waals surface area contributed by atoms with Gasteiger partial charge in [-0.1, -0.05) is 46.8 Å². The van der Waals surface area contributed by atoms with E-state index in [1.165, 1.54) is 35.1 Å². The molecule has 1 heteroatoms. The molecule has 1 nitrogen and oxygen atoms in total. The van der Waals surface area contributed by atoms with Crippen LogP contribution in [-0.4, -0.2) is 5.78 Å². The molecule has 0 N–H and O–H groups in total. The second-order valence-corrected chi connectivity index (χ2v) is 8.31. The van der Waals surface area contributed by atoms with Gasteiger partial charge in [0.1, 0.15) is 5.78 Å². The lowest BCUT2D eigenvalue weighted by Gasteiger charge is -2.42. The van der Waals surface area contributed by atoms with Crippen molar-refractivity contribution >= 4 is 5.78 Å². The van der Waals surface area contributed by atoms with Crippen LogP contribution in [0.25, 0.3) is 0 Å². The third-order valence-corrected chi connectivity index (χ3v) is 5.53. The van der Waals surface area contributed by atoms with Crippen molar-refractivity contribution in [2.24, 2.45) is 5.92 Å². The SMILES string of the molecule is CC(=O)C(C)Cc1cc2c(cc1C)C(C)(C)CCC2(C)C. The molecule has 1 aliphatic rings. The van der Waals surface area contributed by atoms with Crippen molar-refractivity contribution in [2.45, 2.75) is 78.6 Å². The molecule has 1 unspecified atom stereocenters. The summed E-state index contributed by atoms with van der Waals surface area (Å²) >= 11 is 0. The van der Waals surface area contributed by atoms with Crippen molar-refractivity contribution in [3.63, 3.8) is 0 Å². The molecule has 0 aromatic heterocycles. The zero-order valence-corrected chi connectivity index (χ0v) is 14.8. The minimum atomic E-state index is 0.112. The average molecular weight is 286 g/mol. The zero-order valence-electron chi connectivity index (χ0n) is 14.8. The minimum absolute atomic E-state index is 0.112. The standard InChI is InChI=1S/C20H30O/c1-13(15(3)21)10-16-12-18-17(11-14(16)2)19(4,5)8-9-20(18,6)7/h11-13H,8-10H2,1-7H3. The third kappa shape index (κ3) is 3.07. The number of aryl methyl sites for hydroxylation is 1. The number of hydrogen-bond donors (Lipinski definition) is 0. The number of carbonyl (C=O) groups excluding carboxylic acids is 1. The van der Waals surface area contributed by atoms with Gasteiger partial charge in [-0.25, -0.2) is 0 Å². The van der Waals surface area contributed by atoms with Crippen LogP contribution in [0, 0.1) is 12.8 Å². The van der Waals surface area contributed by atoms with Crippen LogP contribution in [-0.2, 0) is 22.0 Å². The van der Waals surface area contributed by atoms with E-state index in [4.69, 9.17) is 0 Å². The van der Waals surface area contributed by atoms with Crippen molar-refractivity contribution in [3.05, 3.63) is 34.4 Å². The summed E-state index contributed by atoms with van der Waals surface area (Å²) in [5.41, 5.74) is 6.20. The lowest BCUT2D eigenvalue weighted by molar-refractivity contribution is -0.120. The summed E-state index contributed by atoms with van der Waals surface area (Å²) in [6, 6.07) is 4.78. The summed E-state index contributed by atoms with van der Waals surface area (Å²) in [6.45, 7) is 15.4. The molecule has 116 valence electrons. The highest BCUT2D eigenvalue weighted by Crippen LogP contribution is 2.46. The first-order valence-electron chi connectivity index (χ1n) is 8.19. The quantitative estimate of drug-likeness (QED) is 0.754. The Labute approximate surface area is 130 Å². The molecule has 1 atom stereocenters. The van der Waals surface area contributed by atoms with E-state index >= 15 is 0 Å². The molecule has 0 saturated carbocycles. The average Bonchev–Trinajstić information content (AvgIpc) is 2.36. The Hall–Kier alpha value is -1.11. The van der Waals surface area contributed by atoms with Crippen LogP contribution in [0.1, 0.15) is 76.6 Å². The van der Waals surface area contributed by atoms with Crippen molar-refractivity contribution in [3.8, 4) is 0 Å². The lowest BCUT2D eigenvalue weighted by Crippen LogP contribution is -2.34. The van der Waals surface area contributed by atoms with Gasteiger partial charge < -0.3 is 0 Å². The first-order chi connectivity index (χ1) is 9.54. The normalized spacial score (nSPS) is 20.7. The van der Waals surface area contributed by atoms with Gasteiger partial charge in [-0.05, 0) is 66.2 Å². The summed E-state index contributed by atoms with van der Waals surface area (Å²) in [4.78, 5) is 11.6. The zero-order chi connectivity index (χ0) is 16.0. The van der Waals surface area contributed by atoms with Gasteiger partial charge in [0.2, 0.25) is 0 Å². The molecule has 1 aromatic carbocycles.